The quantitative estimate of drug-likeness (QED) is 0.377. The first kappa shape index (κ1) is 17.2. The van der Waals surface area contributed by atoms with Crippen LogP contribution in [0.1, 0.15) is 18.1 Å². The van der Waals surface area contributed by atoms with E-state index in [1.807, 2.05) is 62.4 Å². The number of nitrogens with zero attached hydrogens (tertiary/aromatic N) is 2. The van der Waals surface area contributed by atoms with Gasteiger partial charge in [-0.1, -0.05) is 71.5 Å². The first-order valence-corrected chi connectivity index (χ1v) is 9.38. The molecule has 1 heterocycles. The summed E-state index contributed by atoms with van der Waals surface area (Å²) in [5.41, 5.74) is 6.31. The maximum atomic E-state index is 12.2. The van der Waals surface area contributed by atoms with Crippen molar-refractivity contribution in [3.05, 3.63) is 71.8 Å². The van der Waals surface area contributed by atoms with Gasteiger partial charge in [0.15, 0.2) is 5.13 Å². The van der Waals surface area contributed by atoms with Crippen molar-refractivity contribution in [3.8, 4) is 0 Å². The molecule has 134 valence electrons. The van der Waals surface area contributed by atoms with E-state index in [1.54, 1.807) is 0 Å². The van der Waals surface area contributed by atoms with Gasteiger partial charge in [0.2, 0.25) is 0 Å². The molecule has 0 bridgehead atoms. The molecular formula is C21H18N4OS. The topological polar surface area (TPSA) is 66.4 Å². The smallest absolute Gasteiger partial charge is 0.282 e. The van der Waals surface area contributed by atoms with Gasteiger partial charge in [-0.25, -0.2) is 15.2 Å². The van der Waals surface area contributed by atoms with E-state index in [2.05, 4.69) is 33.0 Å². The number of aromatic nitrogens is 1. The molecule has 0 saturated heterocycles. The highest BCUT2D eigenvalue weighted by atomic mass is 32.1. The fourth-order valence-electron chi connectivity index (χ4n) is 2.83. The van der Waals surface area contributed by atoms with Crippen LogP contribution < -0.4 is 10.7 Å². The fraction of sp³-hybridized carbons (Fsp3) is 0.0952. The molecule has 0 radical (unpaired) electrons. The first-order chi connectivity index (χ1) is 13.1. The molecular weight excluding hydrogens is 356 g/mol. The van der Waals surface area contributed by atoms with Gasteiger partial charge in [-0.3, -0.25) is 5.32 Å². The zero-order valence-electron chi connectivity index (χ0n) is 15.0. The Morgan fingerprint density at radius 2 is 1.81 bits per heavy atom. The molecule has 4 rings (SSSR count). The van der Waals surface area contributed by atoms with Crippen LogP contribution in [0.4, 0.5) is 9.93 Å². The summed E-state index contributed by atoms with van der Waals surface area (Å²) < 4.78 is 1.03. The van der Waals surface area contributed by atoms with Crippen molar-refractivity contribution in [1.29, 1.82) is 0 Å². The summed E-state index contributed by atoms with van der Waals surface area (Å²) in [4.78, 5) is 16.8. The van der Waals surface area contributed by atoms with Crippen LogP contribution >= 0.6 is 11.3 Å². The van der Waals surface area contributed by atoms with E-state index in [-0.39, 0.29) is 0 Å². The monoisotopic (exact) mass is 374 g/mol. The van der Waals surface area contributed by atoms with Gasteiger partial charge in [-0.05, 0) is 30.9 Å². The van der Waals surface area contributed by atoms with E-state index in [0.717, 1.165) is 32.3 Å². The van der Waals surface area contributed by atoms with Gasteiger partial charge in [0, 0.05) is 5.39 Å². The Labute approximate surface area is 160 Å². The minimum Gasteiger partial charge on any atom is -0.282 e. The molecule has 6 heteroatoms. The number of amides is 2. The Balaban J connectivity index is 1.50. The highest BCUT2D eigenvalue weighted by molar-refractivity contribution is 7.22. The van der Waals surface area contributed by atoms with Crippen molar-refractivity contribution in [3.63, 3.8) is 0 Å². The number of nitrogens with one attached hydrogen (secondary N) is 2. The number of urea groups is 1. The van der Waals surface area contributed by atoms with Crippen molar-refractivity contribution in [2.75, 3.05) is 5.32 Å². The van der Waals surface area contributed by atoms with E-state index < -0.39 is 6.03 Å². The third-order valence-electron chi connectivity index (χ3n) is 4.30. The molecule has 27 heavy (non-hydrogen) atoms. The number of anilines is 1. The summed E-state index contributed by atoms with van der Waals surface area (Å²) in [6.07, 6.45) is 0. The fourth-order valence-corrected chi connectivity index (χ4v) is 3.71. The van der Waals surface area contributed by atoms with Crippen molar-refractivity contribution in [2.45, 2.75) is 13.8 Å². The van der Waals surface area contributed by atoms with Gasteiger partial charge < -0.3 is 0 Å². The molecule has 4 aromatic rings. The molecule has 0 spiro atoms. The summed E-state index contributed by atoms with van der Waals surface area (Å²) in [7, 11) is 0. The third-order valence-corrected chi connectivity index (χ3v) is 5.23. The highest BCUT2D eigenvalue weighted by Crippen LogP contribution is 2.31. The van der Waals surface area contributed by atoms with E-state index >= 15 is 0 Å². The zero-order chi connectivity index (χ0) is 18.8. The number of benzene rings is 3. The lowest BCUT2D eigenvalue weighted by molar-refractivity contribution is 0.252. The van der Waals surface area contributed by atoms with Gasteiger partial charge in [0.1, 0.15) is 0 Å². The normalized spacial score (nSPS) is 11.7. The lowest BCUT2D eigenvalue weighted by atomic mass is 10.1. The van der Waals surface area contributed by atoms with Gasteiger partial charge in [-0.2, -0.15) is 5.10 Å². The molecule has 0 fully saturated rings. The van der Waals surface area contributed by atoms with Crippen molar-refractivity contribution in [1.82, 2.24) is 10.4 Å². The molecule has 0 aliphatic heterocycles. The molecule has 1 aromatic heterocycles. The van der Waals surface area contributed by atoms with Crippen molar-refractivity contribution >= 4 is 49.2 Å². The molecule has 0 aliphatic rings. The maximum Gasteiger partial charge on any atom is 0.341 e. The minimum absolute atomic E-state index is 0.412. The SMILES string of the molecule is C/C(=N\NC(=O)Nc1nc2c(ccc3ccccc32)s1)c1ccc(C)cc1. The molecule has 0 unspecified atom stereocenters. The number of hydrazone groups is 1. The lowest BCUT2D eigenvalue weighted by Crippen LogP contribution is -2.25. The second-order valence-electron chi connectivity index (χ2n) is 6.28. The summed E-state index contributed by atoms with van der Waals surface area (Å²) in [5.74, 6) is 0. The lowest BCUT2D eigenvalue weighted by Gasteiger charge is -2.03. The largest absolute Gasteiger partial charge is 0.341 e. The number of hydrogen-bond acceptors (Lipinski definition) is 4. The standard InChI is InChI=1S/C21H18N4OS/c1-13-7-9-15(10-8-13)14(2)24-25-20(26)23-21-22-19-17-6-4-3-5-16(17)11-12-18(19)27-21/h3-12H,1-2H3,(H2,22,23,25,26)/b24-14+. The summed E-state index contributed by atoms with van der Waals surface area (Å²) in [6, 6.07) is 19.7. The number of rotatable bonds is 3. The Bertz CT molecular complexity index is 1160. The number of carbonyl (C=O) groups is 1. The number of aryl methyl sites for hydroxylation is 1. The summed E-state index contributed by atoms with van der Waals surface area (Å²) in [6.45, 7) is 3.89. The summed E-state index contributed by atoms with van der Waals surface area (Å²) in [5, 5.41) is 9.67. The van der Waals surface area contributed by atoms with Crippen LogP contribution in [0.3, 0.4) is 0 Å². The molecule has 3 aromatic carbocycles. The molecule has 2 N–H and O–H groups in total. The number of thiazole rings is 1. The molecule has 0 saturated carbocycles. The van der Waals surface area contributed by atoms with Crippen molar-refractivity contribution < 1.29 is 4.79 Å². The highest BCUT2D eigenvalue weighted by Gasteiger charge is 2.10. The van der Waals surface area contributed by atoms with Crippen LogP contribution in [0.5, 0.6) is 0 Å². The number of fused-ring (bicyclic) bond motifs is 3. The molecule has 0 atom stereocenters. The van der Waals surface area contributed by atoms with Gasteiger partial charge in [-0.15, -0.1) is 0 Å². The van der Waals surface area contributed by atoms with Crippen LogP contribution in [0.25, 0.3) is 21.0 Å². The molecule has 2 amide bonds. The van der Waals surface area contributed by atoms with E-state index in [9.17, 15) is 4.79 Å². The Morgan fingerprint density at radius 3 is 2.63 bits per heavy atom. The van der Waals surface area contributed by atoms with E-state index in [4.69, 9.17) is 0 Å². The van der Waals surface area contributed by atoms with Gasteiger partial charge in [0.05, 0.1) is 15.9 Å². The Morgan fingerprint density at radius 1 is 1.04 bits per heavy atom. The molecule has 0 aliphatic carbocycles. The van der Waals surface area contributed by atoms with Crippen LogP contribution in [0.2, 0.25) is 0 Å². The predicted molar refractivity (Wildman–Crippen MR) is 113 cm³/mol. The number of carbonyl (C=O) groups excluding carboxylic acids is 1. The van der Waals surface area contributed by atoms with Crippen LogP contribution in [0, 0.1) is 6.92 Å². The predicted octanol–water partition coefficient (Wildman–Crippen LogP) is 5.30. The number of hydrogen-bond donors (Lipinski definition) is 2. The van der Waals surface area contributed by atoms with Crippen LogP contribution in [-0.2, 0) is 0 Å². The van der Waals surface area contributed by atoms with Crippen LogP contribution in [-0.4, -0.2) is 16.7 Å². The second-order valence-corrected chi connectivity index (χ2v) is 7.31. The second kappa shape index (κ2) is 7.17. The average Bonchev–Trinajstić information content (AvgIpc) is 3.09. The first-order valence-electron chi connectivity index (χ1n) is 8.57. The minimum atomic E-state index is -0.412. The zero-order valence-corrected chi connectivity index (χ0v) is 15.8. The van der Waals surface area contributed by atoms with Gasteiger partial charge >= 0.3 is 6.03 Å². The van der Waals surface area contributed by atoms with Gasteiger partial charge in [0.25, 0.3) is 0 Å². The summed E-state index contributed by atoms with van der Waals surface area (Å²) >= 11 is 1.44. The third kappa shape index (κ3) is 3.66. The Hall–Kier alpha value is -3.25. The van der Waals surface area contributed by atoms with E-state index in [1.165, 1.54) is 16.9 Å². The van der Waals surface area contributed by atoms with Crippen LogP contribution in [0.15, 0.2) is 65.8 Å². The molecule has 5 nitrogen and oxygen atoms in total. The maximum absolute atomic E-state index is 12.2. The average molecular weight is 374 g/mol. The Kier molecular flexibility index (Phi) is 4.56. The van der Waals surface area contributed by atoms with E-state index in [0.29, 0.717) is 5.13 Å². The van der Waals surface area contributed by atoms with Crippen molar-refractivity contribution in [2.24, 2.45) is 5.10 Å².